The molecule has 7 heteroatoms. The molecule has 1 aliphatic rings. The van der Waals surface area contributed by atoms with Gasteiger partial charge in [0.15, 0.2) is 11.5 Å². The largest absolute Gasteiger partial charge is 0.495 e. The number of ether oxygens (including phenoxy) is 3. The first-order valence-electron chi connectivity index (χ1n) is 9.51. The Bertz CT molecular complexity index is 862. The molecule has 1 heterocycles. The third-order valence-electron chi connectivity index (χ3n) is 5.49. The van der Waals surface area contributed by atoms with Gasteiger partial charge in [0, 0.05) is 5.46 Å². The summed E-state index contributed by atoms with van der Waals surface area (Å²) in [7, 11) is 2.16. The lowest BCUT2D eigenvalue weighted by Gasteiger charge is -2.32. The highest BCUT2D eigenvalue weighted by Crippen LogP contribution is 2.38. The summed E-state index contributed by atoms with van der Waals surface area (Å²) in [5, 5.41) is 0. The average Bonchev–Trinajstić information content (AvgIpc) is 2.92. The molecule has 0 spiro atoms. The topological polar surface area (TPSA) is 63.2 Å². The van der Waals surface area contributed by atoms with Crippen molar-refractivity contribution in [3.63, 3.8) is 0 Å². The molecule has 0 saturated carbocycles. The van der Waals surface area contributed by atoms with Crippen LogP contribution in [-0.4, -0.2) is 38.5 Å². The minimum atomic E-state index is -0.730. The normalized spacial score (nSPS) is 17.1. The van der Waals surface area contributed by atoms with E-state index in [-0.39, 0.29) is 0 Å². The summed E-state index contributed by atoms with van der Waals surface area (Å²) in [4.78, 5) is 12.5. The minimum absolute atomic E-state index is 0.315. The average molecular weight is 398 g/mol. The highest BCUT2D eigenvalue weighted by atomic mass is 16.7. The van der Waals surface area contributed by atoms with Crippen LogP contribution in [0.1, 0.15) is 43.6 Å². The number of benzene rings is 2. The quantitative estimate of drug-likeness (QED) is 0.549. The maximum Gasteiger partial charge on any atom is 0.495 e. The number of carbonyl (C=O) groups is 1. The van der Waals surface area contributed by atoms with Crippen LogP contribution < -0.4 is 14.9 Å². The highest BCUT2D eigenvalue weighted by Gasteiger charge is 2.52. The summed E-state index contributed by atoms with van der Waals surface area (Å²) in [5.74, 6) is 0.428. The third-order valence-corrected chi connectivity index (χ3v) is 5.49. The van der Waals surface area contributed by atoms with Gasteiger partial charge in [0.1, 0.15) is 6.61 Å². The number of rotatable bonds is 6. The maximum atomic E-state index is 12.5. The van der Waals surface area contributed by atoms with Crippen LogP contribution in [0.2, 0.25) is 0 Å². The summed E-state index contributed by atoms with van der Waals surface area (Å²) < 4.78 is 28.7. The first kappa shape index (κ1) is 21.2. The van der Waals surface area contributed by atoms with Crippen molar-refractivity contribution < 1.29 is 28.3 Å². The molecule has 0 radical (unpaired) electrons. The fourth-order valence-electron chi connectivity index (χ4n) is 3.04. The van der Waals surface area contributed by atoms with Crippen molar-refractivity contribution in [3.05, 3.63) is 53.6 Å². The Balaban J connectivity index is 1.98. The summed E-state index contributed by atoms with van der Waals surface area (Å²) in [6, 6.07) is 13.1. The molecule has 0 unspecified atom stereocenters. The van der Waals surface area contributed by atoms with E-state index >= 15 is 0 Å². The monoisotopic (exact) mass is 398 g/mol. The molecule has 2 aromatic rings. The van der Waals surface area contributed by atoms with Gasteiger partial charge < -0.3 is 23.5 Å². The van der Waals surface area contributed by atoms with Crippen LogP contribution in [0.15, 0.2) is 42.5 Å². The summed E-state index contributed by atoms with van der Waals surface area (Å²) in [5.41, 5.74) is 0.778. The van der Waals surface area contributed by atoms with Crippen LogP contribution in [0.5, 0.6) is 11.5 Å². The molecule has 1 aliphatic heterocycles. The van der Waals surface area contributed by atoms with E-state index in [0.29, 0.717) is 29.1 Å². The van der Waals surface area contributed by atoms with Crippen LogP contribution in [0.25, 0.3) is 0 Å². The summed E-state index contributed by atoms with van der Waals surface area (Å²) >= 11 is 0. The fourth-order valence-corrected chi connectivity index (χ4v) is 3.04. The van der Waals surface area contributed by atoms with E-state index in [9.17, 15) is 4.79 Å². The maximum absolute atomic E-state index is 12.5. The molecule has 0 atom stereocenters. The molecular formula is C22H27BO6. The molecular weight excluding hydrogens is 371 g/mol. The molecule has 29 heavy (non-hydrogen) atoms. The van der Waals surface area contributed by atoms with E-state index in [0.717, 1.165) is 5.56 Å². The molecule has 0 aliphatic carbocycles. The zero-order chi connectivity index (χ0) is 21.2. The molecule has 1 fully saturated rings. The van der Waals surface area contributed by atoms with Gasteiger partial charge in [-0.2, -0.15) is 0 Å². The zero-order valence-corrected chi connectivity index (χ0v) is 17.8. The van der Waals surface area contributed by atoms with Gasteiger partial charge in [0.2, 0.25) is 0 Å². The number of carbonyl (C=O) groups excluding carboxylic acids is 1. The van der Waals surface area contributed by atoms with E-state index in [1.54, 1.807) is 19.2 Å². The van der Waals surface area contributed by atoms with Gasteiger partial charge in [-0.25, -0.2) is 4.79 Å². The molecule has 6 nitrogen and oxygen atoms in total. The molecule has 0 amide bonds. The van der Waals surface area contributed by atoms with E-state index < -0.39 is 24.3 Å². The van der Waals surface area contributed by atoms with Crippen LogP contribution in [0.3, 0.4) is 0 Å². The van der Waals surface area contributed by atoms with Crippen molar-refractivity contribution in [2.75, 3.05) is 14.2 Å². The van der Waals surface area contributed by atoms with Crippen molar-refractivity contribution in [1.82, 2.24) is 0 Å². The Morgan fingerprint density at radius 2 is 1.59 bits per heavy atom. The van der Waals surface area contributed by atoms with E-state index in [4.69, 9.17) is 23.5 Å². The summed E-state index contributed by atoms with van der Waals surface area (Å²) in [6.45, 7) is 8.17. The lowest BCUT2D eigenvalue weighted by Crippen LogP contribution is -2.41. The van der Waals surface area contributed by atoms with Crippen molar-refractivity contribution in [2.24, 2.45) is 0 Å². The van der Waals surface area contributed by atoms with E-state index in [1.165, 1.54) is 7.11 Å². The van der Waals surface area contributed by atoms with Gasteiger partial charge in [-0.15, -0.1) is 0 Å². The first-order valence-corrected chi connectivity index (χ1v) is 9.51. The van der Waals surface area contributed by atoms with Crippen LogP contribution >= 0.6 is 0 Å². The van der Waals surface area contributed by atoms with Crippen LogP contribution in [0, 0.1) is 0 Å². The summed E-state index contributed by atoms with van der Waals surface area (Å²) in [6.07, 6.45) is 0. The van der Waals surface area contributed by atoms with Crippen molar-refractivity contribution in [3.8, 4) is 11.5 Å². The Kier molecular flexibility index (Phi) is 5.91. The Morgan fingerprint density at radius 1 is 0.966 bits per heavy atom. The first-order chi connectivity index (χ1) is 13.7. The van der Waals surface area contributed by atoms with E-state index in [2.05, 4.69) is 0 Å². The molecule has 0 N–H and O–H groups in total. The van der Waals surface area contributed by atoms with Gasteiger partial charge in [0.25, 0.3) is 0 Å². The lowest BCUT2D eigenvalue weighted by molar-refractivity contribution is 0.00578. The highest BCUT2D eigenvalue weighted by molar-refractivity contribution is 6.63. The number of hydrogen-bond acceptors (Lipinski definition) is 6. The second-order valence-electron chi connectivity index (χ2n) is 7.94. The standard InChI is InChI=1S/C22H27BO6/c1-21(2)22(3,4)29-23(28-21)17-13-18(25-5)19(12-16(17)20(24)26-6)27-14-15-10-8-7-9-11-15/h7-13H,14H2,1-6H3. The van der Waals surface area contributed by atoms with Gasteiger partial charge in [0.05, 0.1) is 31.0 Å². The predicted molar refractivity (Wildman–Crippen MR) is 111 cm³/mol. The second kappa shape index (κ2) is 8.09. The molecule has 0 aromatic heterocycles. The van der Waals surface area contributed by atoms with E-state index in [1.807, 2.05) is 58.0 Å². The van der Waals surface area contributed by atoms with Crippen molar-refractivity contribution >= 4 is 18.6 Å². The molecule has 3 rings (SSSR count). The SMILES string of the molecule is COC(=O)c1cc(OCc2ccccc2)c(OC)cc1B1OC(C)(C)C(C)(C)O1. The van der Waals surface area contributed by atoms with Crippen LogP contribution in [0.4, 0.5) is 0 Å². The Morgan fingerprint density at radius 3 is 2.14 bits per heavy atom. The molecule has 154 valence electrons. The van der Waals surface area contributed by atoms with Gasteiger partial charge in [-0.05, 0) is 45.4 Å². The molecule has 2 aromatic carbocycles. The van der Waals surface area contributed by atoms with Gasteiger partial charge in [-0.1, -0.05) is 30.3 Å². The number of hydrogen-bond donors (Lipinski definition) is 0. The zero-order valence-electron chi connectivity index (χ0n) is 17.8. The van der Waals surface area contributed by atoms with Crippen molar-refractivity contribution in [2.45, 2.75) is 45.5 Å². The number of esters is 1. The van der Waals surface area contributed by atoms with Gasteiger partial charge in [-0.3, -0.25) is 0 Å². The lowest BCUT2D eigenvalue weighted by atomic mass is 9.75. The smallest absolute Gasteiger partial charge is 0.493 e. The van der Waals surface area contributed by atoms with Crippen molar-refractivity contribution in [1.29, 1.82) is 0 Å². The van der Waals surface area contributed by atoms with Gasteiger partial charge >= 0.3 is 13.1 Å². The molecule has 0 bridgehead atoms. The second-order valence-corrected chi connectivity index (χ2v) is 7.94. The predicted octanol–water partition coefficient (Wildman–Crippen LogP) is 3.36. The molecule has 1 saturated heterocycles. The Labute approximate surface area is 172 Å². The fraction of sp³-hybridized carbons (Fsp3) is 0.409. The third kappa shape index (κ3) is 4.26. The Hall–Kier alpha value is -2.51. The number of methoxy groups -OCH3 is 2. The minimum Gasteiger partial charge on any atom is -0.493 e. The van der Waals surface area contributed by atoms with Crippen LogP contribution in [-0.2, 0) is 20.7 Å².